The molecule has 2 atom stereocenters. The number of ether oxygens (including phenoxy) is 1. The highest BCUT2D eigenvalue weighted by atomic mass is 35.5. The number of aryl methyl sites for hydroxylation is 2. The molecule has 0 aliphatic carbocycles. The van der Waals surface area contributed by atoms with Gasteiger partial charge in [0.25, 0.3) is 5.91 Å². The maximum Gasteiger partial charge on any atom is 0.347 e. The van der Waals surface area contributed by atoms with Crippen molar-refractivity contribution in [2.45, 2.75) is 45.3 Å². The fraction of sp³-hybridized carbons (Fsp3) is 0.556. The average Bonchev–Trinajstić information content (AvgIpc) is 3.31. The summed E-state index contributed by atoms with van der Waals surface area (Å²) in [5, 5.41) is 13.3. The summed E-state index contributed by atoms with van der Waals surface area (Å²) in [6.07, 6.45) is 1.57. The van der Waals surface area contributed by atoms with Crippen molar-refractivity contribution in [3.63, 3.8) is 0 Å². The molecule has 1 aliphatic heterocycles. The van der Waals surface area contributed by atoms with Crippen molar-refractivity contribution in [2.75, 3.05) is 25.1 Å². The molecular weight excluding hydrogens is 418 g/mol. The van der Waals surface area contributed by atoms with Gasteiger partial charge in [0.1, 0.15) is 4.88 Å². The lowest BCUT2D eigenvalue weighted by atomic mass is 10.0. The lowest BCUT2D eigenvalue weighted by Gasteiger charge is -2.37. The van der Waals surface area contributed by atoms with Gasteiger partial charge >= 0.3 is 5.97 Å². The monoisotopic (exact) mass is 441 g/mol. The highest BCUT2D eigenvalue weighted by Crippen LogP contribution is 2.29. The summed E-state index contributed by atoms with van der Waals surface area (Å²) < 4.78 is 5.60. The number of halogens is 1. The van der Waals surface area contributed by atoms with Gasteiger partial charge in [0, 0.05) is 20.2 Å². The van der Waals surface area contributed by atoms with Crippen LogP contribution in [0.2, 0.25) is 5.15 Å². The lowest BCUT2D eigenvalue weighted by Crippen LogP contribution is -2.55. The van der Waals surface area contributed by atoms with Crippen LogP contribution in [-0.4, -0.2) is 64.3 Å². The van der Waals surface area contributed by atoms with Crippen LogP contribution in [-0.2, 0) is 17.6 Å². The second kappa shape index (κ2) is 9.10. The Kier molecular flexibility index (Phi) is 6.76. The number of H-pyrrole nitrogens is 1. The number of hydrogen-bond acceptors (Lipinski definition) is 7. The number of rotatable bonds is 7. The van der Waals surface area contributed by atoms with Crippen molar-refractivity contribution in [3.05, 3.63) is 27.2 Å². The molecule has 0 aromatic carbocycles. The third-order valence-electron chi connectivity index (χ3n) is 4.96. The lowest BCUT2D eigenvalue weighted by molar-refractivity contribution is 0.0538. The first-order chi connectivity index (χ1) is 13.9. The van der Waals surface area contributed by atoms with Gasteiger partial charge in [-0.15, -0.1) is 0 Å². The minimum Gasteiger partial charge on any atom is -0.477 e. The first-order valence-corrected chi connectivity index (χ1v) is 10.6. The highest BCUT2D eigenvalue weighted by molar-refractivity contribution is 7.17. The minimum absolute atomic E-state index is 0.183. The van der Waals surface area contributed by atoms with Gasteiger partial charge < -0.3 is 25.0 Å². The zero-order valence-electron chi connectivity index (χ0n) is 16.5. The molecule has 3 heterocycles. The van der Waals surface area contributed by atoms with Crippen molar-refractivity contribution >= 4 is 39.9 Å². The van der Waals surface area contributed by atoms with Crippen LogP contribution in [0, 0.1) is 0 Å². The highest BCUT2D eigenvalue weighted by Gasteiger charge is 2.33. The van der Waals surface area contributed by atoms with Crippen LogP contribution in [0.3, 0.4) is 0 Å². The number of hydrogen-bond donors (Lipinski definition) is 3. The molecule has 1 aliphatic rings. The summed E-state index contributed by atoms with van der Waals surface area (Å²) in [6, 6.07) is -0.206. The minimum atomic E-state index is -0.959. The predicted molar refractivity (Wildman–Crippen MR) is 110 cm³/mol. The van der Waals surface area contributed by atoms with Gasteiger partial charge in [0.15, 0.2) is 16.1 Å². The Labute approximate surface area is 177 Å². The van der Waals surface area contributed by atoms with E-state index in [-0.39, 0.29) is 28.8 Å². The molecule has 11 heteroatoms. The standard InChI is InChI=1S/C18H24ClN5O4S/c1-4-9-13(17(26)27)29-18(22-9)24-7-6-11(12(8-24)28-3)21-16(25)15-20-10(5-2)14(19)23-15/h11-12H,4-8H2,1-3H3,(H,20,23)(H,21,25)(H,26,27)/t11?,12-/m0/s1. The number of piperidine rings is 1. The molecular formula is C18H24ClN5O4S. The number of carbonyl (C=O) groups is 2. The van der Waals surface area contributed by atoms with E-state index in [0.29, 0.717) is 48.3 Å². The molecule has 0 saturated carbocycles. The average molecular weight is 442 g/mol. The number of methoxy groups -OCH3 is 1. The van der Waals surface area contributed by atoms with E-state index in [9.17, 15) is 14.7 Å². The summed E-state index contributed by atoms with van der Waals surface area (Å²) in [4.78, 5) is 37.8. The number of amides is 1. The summed E-state index contributed by atoms with van der Waals surface area (Å²) >= 11 is 7.20. The van der Waals surface area contributed by atoms with E-state index < -0.39 is 5.97 Å². The zero-order chi connectivity index (χ0) is 21.1. The van der Waals surface area contributed by atoms with Crippen LogP contribution in [0.25, 0.3) is 0 Å². The van der Waals surface area contributed by atoms with E-state index in [4.69, 9.17) is 16.3 Å². The maximum absolute atomic E-state index is 12.6. The van der Waals surface area contributed by atoms with Gasteiger partial charge in [0.2, 0.25) is 0 Å². The van der Waals surface area contributed by atoms with E-state index in [1.54, 1.807) is 7.11 Å². The molecule has 0 bridgehead atoms. The largest absolute Gasteiger partial charge is 0.477 e. The smallest absolute Gasteiger partial charge is 0.347 e. The van der Waals surface area contributed by atoms with Gasteiger partial charge in [-0.05, 0) is 19.3 Å². The van der Waals surface area contributed by atoms with E-state index in [2.05, 4.69) is 20.3 Å². The third kappa shape index (κ3) is 4.54. The second-order valence-electron chi connectivity index (χ2n) is 6.73. The van der Waals surface area contributed by atoms with Crippen molar-refractivity contribution < 1.29 is 19.4 Å². The van der Waals surface area contributed by atoms with Crippen LogP contribution < -0.4 is 10.2 Å². The molecule has 3 rings (SSSR count). The van der Waals surface area contributed by atoms with Crippen LogP contribution in [0.5, 0.6) is 0 Å². The molecule has 158 valence electrons. The van der Waals surface area contributed by atoms with E-state index in [0.717, 1.165) is 5.69 Å². The molecule has 9 nitrogen and oxygen atoms in total. The molecule has 29 heavy (non-hydrogen) atoms. The fourth-order valence-corrected chi connectivity index (χ4v) is 4.64. The van der Waals surface area contributed by atoms with Crippen molar-refractivity contribution in [2.24, 2.45) is 0 Å². The van der Waals surface area contributed by atoms with Crippen LogP contribution in [0.4, 0.5) is 5.13 Å². The SMILES string of the molecule is CCc1nc(N2CCC(NC(=O)c3nc(Cl)c(CC)[nH]3)[C@@H](OC)C2)sc1C(=O)O. The molecule has 3 N–H and O–H groups in total. The number of carboxylic acid groups (broad SMARTS) is 1. The molecule has 2 aromatic heterocycles. The van der Waals surface area contributed by atoms with Gasteiger partial charge in [-0.2, -0.15) is 0 Å². The van der Waals surface area contributed by atoms with Crippen LogP contribution in [0.1, 0.15) is 51.9 Å². The Morgan fingerprint density at radius 3 is 2.69 bits per heavy atom. The Bertz CT molecular complexity index is 899. The molecule has 1 fully saturated rings. The summed E-state index contributed by atoms with van der Waals surface area (Å²) in [5.74, 6) is -1.11. The number of aromatic nitrogens is 3. The number of carbonyl (C=O) groups excluding carboxylic acids is 1. The third-order valence-corrected chi connectivity index (χ3v) is 6.42. The topological polar surface area (TPSA) is 120 Å². The number of nitrogens with one attached hydrogen (secondary N) is 2. The van der Waals surface area contributed by atoms with Crippen LogP contribution in [0.15, 0.2) is 0 Å². The molecule has 0 spiro atoms. The van der Waals surface area contributed by atoms with Crippen molar-refractivity contribution in [3.8, 4) is 0 Å². The summed E-state index contributed by atoms with van der Waals surface area (Å²) in [7, 11) is 1.59. The van der Waals surface area contributed by atoms with E-state index in [1.807, 2.05) is 18.7 Å². The zero-order valence-corrected chi connectivity index (χ0v) is 18.1. The van der Waals surface area contributed by atoms with Crippen LogP contribution >= 0.6 is 22.9 Å². The number of nitrogens with zero attached hydrogens (tertiary/aromatic N) is 3. The number of aromatic amines is 1. The number of carboxylic acids is 1. The van der Waals surface area contributed by atoms with Gasteiger partial charge in [-0.25, -0.2) is 14.8 Å². The maximum atomic E-state index is 12.6. The van der Waals surface area contributed by atoms with Gasteiger partial charge in [0.05, 0.1) is 23.5 Å². The predicted octanol–water partition coefficient (Wildman–Crippen LogP) is 2.37. The van der Waals surface area contributed by atoms with Gasteiger partial charge in [-0.1, -0.05) is 36.8 Å². The summed E-state index contributed by atoms with van der Waals surface area (Å²) in [6.45, 7) is 4.93. The Balaban J connectivity index is 1.69. The quantitative estimate of drug-likeness (QED) is 0.603. The Morgan fingerprint density at radius 2 is 2.14 bits per heavy atom. The molecule has 1 saturated heterocycles. The summed E-state index contributed by atoms with van der Waals surface area (Å²) in [5.41, 5.74) is 1.31. The number of imidazole rings is 1. The molecule has 0 radical (unpaired) electrons. The number of aromatic carboxylic acids is 1. The Hall–Kier alpha value is -2.17. The number of anilines is 1. The van der Waals surface area contributed by atoms with Gasteiger partial charge in [-0.3, -0.25) is 4.79 Å². The normalized spacial score (nSPS) is 19.4. The molecule has 2 aromatic rings. The van der Waals surface area contributed by atoms with Crippen molar-refractivity contribution in [1.82, 2.24) is 20.3 Å². The van der Waals surface area contributed by atoms with E-state index in [1.165, 1.54) is 11.3 Å². The Morgan fingerprint density at radius 1 is 1.38 bits per heavy atom. The molecule has 1 unspecified atom stereocenters. The van der Waals surface area contributed by atoms with Crippen molar-refractivity contribution in [1.29, 1.82) is 0 Å². The first kappa shape index (κ1) is 21.5. The molecule has 1 amide bonds. The fourth-order valence-electron chi connectivity index (χ4n) is 3.34. The first-order valence-electron chi connectivity index (χ1n) is 9.43. The second-order valence-corrected chi connectivity index (χ2v) is 8.06. The van der Waals surface area contributed by atoms with E-state index >= 15 is 0 Å². The number of thiazole rings is 1.